The SMILES string of the molecule is CC(O)CN(C)C(=O)NCC(C)(C)C1CCCCC1. The van der Waals surface area contributed by atoms with Gasteiger partial charge in [0.2, 0.25) is 0 Å². The van der Waals surface area contributed by atoms with E-state index in [1.54, 1.807) is 18.9 Å². The second-order valence-electron chi connectivity index (χ2n) is 6.71. The standard InChI is InChI=1S/C15H30N2O2/c1-12(18)10-17(4)14(19)16-11-15(2,3)13-8-6-5-7-9-13/h12-13,18H,5-11H2,1-4H3,(H,16,19). The molecule has 2 amide bonds. The first-order chi connectivity index (χ1) is 8.83. The van der Waals surface area contributed by atoms with Crippen LogP contribution in [-0.4, -0.2) is 42.3 Å². The van der Waals surface area contributed by atoms with E-state index in [0.29, 0.717) is 19.0 Å². The van der Waals surface area contributed by atoms with Crippen LogP contribution in [0.1, 0.15) is 52.9 Å². The molecular formula is C15H30N2O2. The van der Waals surface area contributed by atoms with Crippen LogP contribution >= 0.6 is 0 Å². The first-order valence-corrected chi connectivity index (χ1v) is 7.50. The molecule has 1 atom stereocenters. The number of aliphatic hydroxyl groups is 1. The lowest BCUT2D eigenvalue weighted by atomic mass is 9.71. The summed E-state index contributed by atoms with van der Waals surface area (Å²) in [7, 11) is 1.72. The van der Waals surface area contributed by atoms with Crippen LogP contribution < -0.4 is 5.32 Å². The van der Waals surface area contributed by atoms with Gasteiger partial charge in [0, 0.05) is 20.1 Å². The molecule has 1 unspecified atom stereocenters. The van der Waals surface area contributed by atoms with E-state index in [9.17, 15) is 9.90 Å². The maximum atomic E-state index is 11.9. The third-order valence-corrected chi connectivity index (χ3v) is 4.29. The highest BCUT2D eigenvalue weighted by Gasteiger charge is 2.31. The Morgan fingerprint density at radius 2 is 1.95 bits per heavy atom. The Kier molecular flexibility index (Phi) is 6.11. The Labute approximate surface area is 117 Å². The van der Waals surface area contributed by atoms with Gasteiger partial charge in [0.05, 0.1) is 6.10 Å². The van der Waals surface area contributed by atoms with Crippen molar-refractivity contribution in [3.63, 3.8) is 0 Å². The molecule has 1 aliphatic rings. The van der Waals surface area contributed by atoms with Crippen LogP contribution in [0.3, 0.4) is 0 Å². The molecule has 0 aliphatic heterocycles. The molecule has 2 N–H and O–H groups in total. The lowest BCUT2D eigenvalue weighted by Gasteiger charge is -2.37. The summed E-state index contributed by atoms with van der Waals surface area (Å²) < 4.78 is 0. The zero-order valence-electron chi connectivity index (χ0n) is 12.9. The molecule has 1 saturated carbocycles. The van der Waals surface area contributed by atoms with Gasteiger partial charge in [-0.2, -0.15) is 0 Å². The monoisotopic (exact) mass is 270 g/mol. The number of urea groups is 1. The molecule has 1 rings (SSSR count). The number of likely N-dealkylation sites (N-methyl/N-ethyl adjacent to an activating group) is 1. The summed E-state index contributed by atoms with van der Waals surface area (Å²) in [6.07, 6.45) is 6.09. The van der Waals surface area contributed by atoms with E-state index in [-0.39, 0.29) is 11.4 Å². The van der Waals surface area contributed by atoms with Gasteiger partial charge in [-0.05, 0) is 31.1 Å². The van der Waals surface area contributed by atoms with E-state index in [1.165, 1.54) is 32.1 Å². The van der Waals surface area contributed by atoms with Gasteiger partial charge in [0.1, 0.15) is 0 Å². The predicted octanol–water partition coefficient (Wildman–Crippen LogP) is 2.62. The van der Waals surface area contributed by atoms with E-state index >= 15 is 0 Å². The molecule has 1 aliphatic carbocycles. The number of hydrogen-bond acceptors (Lipinski definition) is 2. The van der Waals surface area contributed by atoms with E-state index in [4.69, 9.17) is 0 Å². The summed E-state index contributed by atoms with van der Waals surface area (Å²) >= 11 is 0. The van der Waals surface area contributed by atoms with E-state index in [2.05, 4.69) is 19.2 Å². The van der Waals surface area contributed by atoms with Crippen molar-refractivity contribution in [1.82, 2.24) is 10.2 Å². The van der Waals surface area contributed by atoms with Gasteiger partial charge >= 0.3 is 6.03 Å². The van der Waals surface area contributed by atoms with E-state index in [0.717, 1.165) is 0 Å². The molecule has 0 aromatic carbocycles. The smallest absolute Gasteiger partial charge is 0.317 e. The van der Waals surface area contributed by atoms with E-state index in [1.807, 2.05) is 0 Å². The quantitative estimate of drug-likeness (QED) is 0.807. The Bertz CT molecular complexity index is 284. The molecule has 0 bridgehead atoms. The summed E-state index contributed by atoms with van der Waals surface area (Å²) in [5.41, 5.74) is 0.155. The van der Waals surface area contributed by atoms with Crippen LogP contribution in [0.4, 0.5) is 4.79 Å². The van der Waals surface area contributed by atoms with Gasteiger partial charge in [0.15, 0.2) is 0 Å². The highest BCUT2D eigenvalue weighted by molar-refractivity contribution is 5.73. The largest absolute Gasteiger partial charge is 0.392 e. The highest BCUT2D eigenvalue weighted by Crippen LogP contribution is 2.37. The molecule has 112 valence electrons. The van der Waals surface area contributed by atoms with Crippen LogP contribution in [0, 0.1) is 11.3 Å². The Balaban J connectivity index is 2.39. The highest BCUT2D eigenvalue weighted by atomic mass is 16.3. The summed E-state index contributed by atoms with van der Waals surface area (Å²) in [6.45, 7) is 7.27. The normalized spacial score (nSPS) is 19.0. The van der Waals surface area contributed by atoms with Gasteiger partial charge in [-0.1, -0.05) is 33.1 Å². The number of rotatable bonds is 5. The van der Waals surface area contributed by atoms with Crippen molar-refractivity contribution in [2.75, 3.05) is 20.1 Å². The average Bonchev–Trinajstić information content (AvgIpc) is 2.36. The number of amides is 2. The molecular weight excluding hydrogens is 240 g/mol. The van der Waals surface area contributed by atoms with Crippen LogP contribution in [0.2, 0.25) is 0 Å². The second kappa shape index (κ2) is 7.13. The molecule has 0 heterocycles. The fourth-order valence-electron chi connectivity index (χ4n) is 2.95. The average molecular weight is 270 g/mol. The van der Waals surface area contributed by atoms with Crippen LogP contribution in [-0.2, 0) is 0 Å². The fourth-order valence-corrected chi connectivity index (χ4v) is 2.95. The van der Waals surface area contributed by atoms with Crippen molar-refractivity contribution < 1.29 is 9.90 Å². The molecule has 19 heavy (non-hydrogen) atoms. The van der Waals surface area contributed by atoms with Crippen LogP contribution in [0.25, 0.3) is 0 Å². The zero-order valence-corrected chi connectivity index (χ0v) is 12.9. The number of nitrogens with one attached hydrogen (secondary N) is 1. The Morgan fingerprint density at radius 1 is 1.37 bits per heavy atom. The maximum Gasteiger partial charge on any atom is 0.317 e. The minimum absolute atomic E-state index is 0.0928. The molecule has 4 nitrogen and oxygen atoms in total. The number of hydrogen-bond donors (Lipinski definition) is 2. The minimum Gasteiger partial charge on any atom is -0.392 e. The van der Waals surface area contributed by atoms with Crippen molar-refractivity contribution in [1.29, 1.82) is 0 Å². The van der Waals surface area contributed by atoms with Gasteiger partial charge in [0.25, 0.3) is 0 Å². The topological polar surface area (TPSA) is 52.6 Å². The van der Waals surface area contributed by atoms with Crippen molar-refractivity contribution in [2.24, 2.45) is 11.3 Å². The third-order valence-electron chi connectivity index (χ3n) is 4.29. The lowest BCUT2D eigenvalue weighted by molar-refractivity contribution is 0.131. The number of carbonyl (C=O) groups is 1. The summed E-state index contributed by atoms with van der Waals surface area (Å²) in [4.78, 5) is 13.5. The molecule has 0 saturated heterocycles. The fraction of sp³-hybridized carbons (Fsp3) is 0.933. The Morgan fingerprint density at radius 3 is 2.47 bits per heavy atom. The van der Waals surface area contributed by atoms with Crippen molar-refractivity contribution >= 4 is 6.03 Å². The van der Waals surface area contributed by atoms with Crippen molar-refractivity contribution in [3.8, 4) is 0 Å². The Hall–Kier alpha value is -0.770. The second-order valence-corrected chi connectivity index (χ2v) is 6.71. The summed E-state index contributed by atoms with van der Waals surface area (Å²) in [5.74, 6) is 0.712. The third kappa shape index (κ3) is 5.39. The molecule has 1 fully saturated rings. The zero-order chi connectivity index (χ0) is 14.5. The first kappa shape index (κ1) is 16.3. The number of nitrogens with zero attached hydrogens (tertiary/aromatic N) is 1. The van der Waals surface area contributed by atoms with Crippen LogP contribution in [0.5, 0.6) is 0 Å². The summed E-state index contributed by atoms with van der Waals surface area (Å²) in [6, 6.07) is -0.0928. The van der Waals surface area contributed by atoms with Gasteiger partial charge < -0.3 is 15.3 Å². The maximum absolute atomic E-state index is 11.9. The van der Waals surface area contributed by atoms with Crippen molar-refractivity contribution in [3.05, 3.63) is 0 Å². The first-order valence-electron chi connectivity index (χ1n) is 7.50. The van der Waals surface area contributed by atoms with E-state index < -0.39 is 6.10 Å². The molecule has 0 spiro atoms. The minimum atomic E-state index is -0.484. The van der Waals surface area contributed by atoms with Gasteiger partial charge in [-0.25, -0.2) is 4.79 Å². The molecule has 0 aromatic heterocycles. The molecule has 4 heteroatoms. The van der Waals surface area contributed by atoms with Gasteiger partial charge in [-0.15, -0.1) is 0 Å². The molecule has 0 aromatic rings. The lowest BCUT2D eigenvalue weighted by Crippen LogP contribution is -2.45. The van der Waals surface area contributed by atoms with Crippen LogP contribution in [0.15, 0.2) is 0 Å². The predicted molar refractivity (Wildman–Crippen MR) is 78.1 cm³/mol. The van der Waals surface area contributed by atoms with Crippen molar-refractivity contribution in [2.45, 2.75) is 59.0 Å². The summed E-state index contributed by atoms with van der Waals surface area (Å²) in [5, 5.41) is 12.3. The molecule has 0 radical (unpaired) electrons. The number of carbonyl (C=O) groups excluding carboxylic acids is 1. The number of aliphatic hydroxyl groups excluding tert-OH is 1. The van der Waals surface area contributed by atoms with Gasteiger partial charge in [-0.3, -0.25) is 0 Å².